The van der Waals surface area contributed by atoms with Gasteiger partial charge in [0.05, 0.1) is 13.7 Å². The summed E-state index contributed by atoms with van der Waals surface area (Å²) in [4.78, 5) is 66.9. The van der Waals surface area contributed by atoms with E-state index in [1.165, 1.54) is 11.8 Å². The predicted octanol–water partition coefficient (Wildman–Crippen LogP) is 0.771. The first-order valence-corrected chi connectivity index (χ1v) is 17.5. The number of ether oxygens (including phenoxy) is 2. The summed E-state index contributed by atoms with van der Waals surface area (Å²) in [6.07, 6.45) is 1.82. The summed E-state index contributed by atoms with van der Waals surface area (Å²) in [5.74, 6) is -1.11. The van der Waals surface area contributed by atoms with Gasteiger partial charge >= 0.3 is 0 Å². The Hall–Kier alpha value is -5.54. The fourth-order valence-corrected chi connectivity index (χ4v) is 5.65. The average Bonchev–Trinajstić information content (AvgIpc) is 3.55. The molecule has 1 aliphatic rings. The largest absolute Gasteiger partial charge is 0.493 e. The number of nitrogens with one attached hydrogen (secondary N) is 5. The molecule has 4 rings (SSSR count). The Kier molecular flexibility index (Phi) is 14.9. The summed E-state index contributed by atoms with van der Waals surface area (Å²) in [5.41, 5.74) is 1.72. The standard InChI is InChI=1S/C36H49N9O7/c1-23(2)33-36(50)38-18-8-12-26-14-15-29(51-4)30(21-26)52-22-32(47)37-17-9-13-27(39-31(46)16-19-45-24(3)42-43-44-45)34(48)40-28(35(49)41-33)20-25-10-6-5-7-11-25/h5-7,10-11,14-15,21,23,27-28,33H,8-9,12-13,16-20,22H2,1-4H3,(H,37,47)(H,38,50)(H,39,46)(H,40,48)(H,41,49)/t27-,28-,33+/m0/s1. The number of carbonyl (C=O) groups is 5. The van der Waals surface area contributed by atoms with Gasteiger partial charge in [-0.15, -0.1) is 5.10 Å². The molecule has 3 atom stereocenters. The van der Waals surface area contributed by atoms with Gasteiger partial charge in [-0.25, -0.2) is 4.68 Å². The zero-order valence-corrected chi connectivity index (χ0v) is 30.1. The van der Waals surface area contributed by atoms with E-state index < -0.39 is 35.8 Å². The van der Waals surface area contributed by atoms with E-state index in [9.17, 15) is 24.0 Å². The summed E-state index contributed by atoms with van der Waals surface area (Å²) in [7, 11) is 1.51. The molecule has 0 aliphatic carbocycles. The normalized spacial score (nSPS) is 19.8. The molecule has 1 aromatic heterocycles. The Morgan fingerprint density at radius 1 is 1.00 bits per heavy atom. The molecule has 3 aromatic rings. The van der Waals surface area contributed by atoms with Gasteiger partial charge in [0, 0.05) is 25.9 Å². The minimum atomic E-state index is -1.06. The maximum absolute atomic E-state index is 13.9. The van der Waals surface area contributed by atoms with Crippen molar-refractivity contribution < 1.29 is 33.4 Å². The highest BCUT2D eigenvalue weighted by Crippen LogP contribution is 2.28. The number of benzene rings is 2. The first-order valence-electron chi connectivity index (χ1n) is 17.5. The molecule has 0 spiro atoms. The number of nitrogens with zero attached hydrogens (tertiary/aromatic N) is 4. The zero-order valence-electron chi connectivity index (χ0n) is 30.1. The van der Waals surface area contributed by atoms with E-state index in [2.05, 4.69) is 42.1 Å². The second kappa shape index (κ2) is 19.7. The lowest BCUT2D eigenvalue weighted by atomic mass is 10.00. The predicted molar refractivity (Wildman–Crippen MR) is 190 cm³/mol. The molecule has 2 aromatic carbocycles. The van der Waals surface area contributed by atoms with Crippen molar-refractivity contribution >= 4 is 29.5 Å². The zero-order chi connectivity index (χ0) is 37.5. The number of hydrogen-bond donors (Lipinski definition) is 5. The molecule has 0 radical (unpaired) electrons. The lowest BCUT2D eigenvalue weighted by molar-refractivity contribution is -0.134. The molecule has 0 unspecified atom stereocenters. The monoisotopic (exact) mass is 719 g/mol. The van der Waals surface area contributed by atoms with Crippen LogP contribution in [0.3, 0.4) is 0 Å². The Balaban J connectivity index is 1.56. The van der Waals surface area contributed by atoms with Crippen molar-refractivity contribution in [1.82, 2.24) is 46.8 Å². The van der Waals surface area contributed by atoms with Crippen molar-refractivity contribution in [3.63, 3.8) is 0 Å². The topological polar surface area (TPSA) is 208 Å². The fourth-order valence-electron chi connectivity index (χ4n) is 5.65. The van der Waals surface area contributed by atoms with E-state index in [0.717, 1.165) is 11.1 Å². The first-order chi connectivity index (χ1) is 25.0. The number of aryl methyl sites for hydroxylation is 3. The summed E-state index contributed by atoms with van der Waals surface area (Å²) in [5, 5.41) is 25.5. The molecule has 2 bridgehead atoms. The second-order valence-electron chi connectivity index (χ2n) is 13.0. The number of amides is 5. The highest BCUT2D eigenvalue weighted by Gasteiger charge is 2.31. The van der Waals surface area contributed by atoms with Crippen LogP contribution in [-0.4, -0.2) is 94.7 Å². The third kappa shape index (κ3) is 12.1. The van der Waals surface area contributed by atoms with Crippen LogP contribution in [0, 0.1) is 12.8 Å². The summed E-state index contributed by atoms with van der Waals surface area (Å²) < 4.78 is 12.7. The molecule has 5 N–H and O–H groups in total. The quantitative estimate of drug-likeness (QED) is 0.221. The summed E-state index contributed by atoms with van der Waals surface area (Å²) >= 11 is 0. The Labute approximate surface area is 303 Å². The van der Waals surface area contributed by atoms with Gasteiger partial charge in [0.25, 0.3) is 5.91 Å². The molecular formula is C36H49N9O7. The first kappa shape index (κ1) is 39.2. The van der Waals surface area contributed by atoms with Gasteiger partial charge < -0.3 is 36.1 Å². The minimum Gasteiger partial charge on any atom is -0.493 e. The van der Waals surface area contributed by atoms with E-state index in [4.69, 9.17) is 9.47 Å². The highest BCUT2D eigenvalue weighted by atomic mass is 16.5. The summed E-state index contributed by atoms with van der Waals surface area (Å²) in [6, 6.07) is 11.7. The average molecular weight is 720 g/mol. The Morgan fingerprint density at radius 3 is 2.48 bits per heavy atom. The third-order valence-electron chi connectivity index (χ3n) is 8.60. The van der Waals surface area contributed by atoms with Crippen LogP contribution in [0.15, 0.2) is 48.5 Å². The van der Waals surface area contributed by atoms with Gasteiger partial charge in [-0.3, -0.25) is 24.0 Å². The van der Waals surface area contributed by atoms with Crippen LogP contribution >= 0.6 is 0 Å². The molecule has 0 saturated heterocycles. The van der Waals surface area contributed by atoms with E-state index in [1.54, 1.807) is 19.1 Å². The number of fused-ring (bicyclic) bond motifs is 2. The smallest absolute Gasteiger partial charge is 0.257 e. The van der Waals surface area contributed by atoms with E-state index in [-0.39, 0.29) is 56.7 Å². The minimum absolute atomic E-state index is 0.00644. The number of methoxy groups -OCH3 is 1. The van der Waals surface area contributed by atoms with E-state index in [1.807, 2.05) is 50.2 Å². The van der Waals surface area contributed by atoms with Crippen molar-refractivity contribution in [3.05, 3.63) is 65.5 Å². The number of rotatable bonds is 8. The van der Waals surface area contributed by atoms with Crippen molar-refractivity contribution in [3.8, 4) is 11.5 Å². The van der Waals surface area contributed by atoms with Crippen LogP contribution < -0.4 is 36.1 Å². The Bertz CT molecular complexity index is 1660. The lowest BCUT2D eigenvalue weighted by Gasteiger charge is -2.27. The molecule has 0 fully saturated rings. The Morgan fingerprint density at radius 2 is 1.77 bits per heavy atom. The van der Waals surface area contributed by atoms with E-state index >= 15 is 0 Å². The molecule has 0 saturated carbocycles. The molecule has 16 heteroatoms. The van der Waals surface area contributed by atoms with Crippen LogP contribution in [0.5, 0.6) is 11.5 Å². The molecular weight excluding hydrogens is 670 g/mol. The summed E-state index contributed by atoms with van der Waals surface area (Å²) in [6.45, 7) is 5.85. The van der Waals surface area contributed by atoms with Gasteiger partial charge in [0.2, 0.25) is 23.6 Å². The van der Waals surface area contributed by atoms with Gasteiger partial charge in [-0.2, -0.15) is 0 Å². The van der Waals surface area contributed by atoms with Crippen LogP contribution in [0.4, 0.5) is 0 Å². The number of tetrazole rings is 1. The molecule has 16 nitrogen and oxygen atoms in total. The number of aromatic nitrogens is 4. The highest BCUT2D eigenvalue weighted by molar-refractivity contribution is 5.94. The second-order valence-corrected chi connectivity index (χ2v) is 13.0. The fraction of sp³-hybridized carbons (Fsp3) is 0.500. The van der Waals surface area contributed by atoms with Crippen molar-refractivity contribution in [2.75, 3.05) is 26.8 Å². The van der Waals surface area contributed by atoms with Crippen molar-refractivity contribution in [2.45, 2.75) is 84.0 Å². The molecule has 5 amide bonds. The SMILES string of the molecule is COc1ccc2cc1OCC(=O)NCCC[C@H](NC(=O)CCn1nnnc1C)C(=O)N[C@@H](Cc1ccccc1)C(=O)N[C@H](C(C)C)C(=O)NCCC2. The van der Waals surface area contributed by atoms with Gasteiger partial charge in [-0.05, 0) is 72.2 Å². The third-order valence-corrected chi connectivity index (χ3v) is 8.60. The van der Waals surface area contributed by atoms with E-state index in [0.29, 0.717) is 43.1 Å². The van der Waals surface area contributed by atoms with Gasteiger partial charge in [0.1, 0.15) is 23.9 Å². The van der Waals surface area contributed by atoms with Crippen molar-refractivity contribution in [2.24, 2.45) is 5.92 Å². The van der Waals surface area contributed by atoms with Gasteiger partial charge in [-0.1, -0.05) is 50.2 Å². The van der Waals surface area contributed by atoms with Gasteiger partial charge in [0.15, 0.2) is 18.1 Å². The van der Waals surface area contributed by atoms with Crippen LogP contribution in [0.2, 0.25) is 0 Å². The lowest BCUT2D eigenvalue weighted by Crippen LogP contribution is -2.58. The molecule has 280 valence electrons. The van der Waals surface area contributed by atoms with Crippen molar-refractivity contribution in [1.29, 1.82) is 0 Å². The molecule has 2 heterocycles. The maximum Gasteiger partial charge on any atom is 0.257 e. The van der Waals surface area contributed by atoms with Crippen LogP contribution in [0.25, 0.3) is 0 Å². The number of hydrogen-bond acceptors (Lipinski definition) is 10. The molecule has 1 aliphatic heterocycles. The maximum atomic E-state index is 13.9. The van der Waals surface area contributed by atoms with Crippen LogP contribution in [0.1, 0.15) is 56.5 Å². The molecule has 52 heavy (non-hydrogen) atoms. The van der Waals surface area contributed by atoms with Crippen LogP contribution in [-0.2, 0) is 43.4 Å². The number of carbonyl (C=O) groups excluding carboxylic acids is 5.